The summed E-state index contributed by atoms with van der Waals surface area (Å²) in [5, 5.41) is 12.5. The molecule has 0 atom stereocenters. The topological polar surface area (TPSA) is 71.5 Å². The van der Waals surface area contributed by atoms with E-state index < -0.39 is 5.97 Å². The van der Waals surface area contributed by atoms with Crippen LogP contribution in [0, 0.1) is 0 Å². The molecule has 1 aliphatic carbocycles. The second-order valence-electron chi connectivity index (χ2n) is 5.40. The number of aryl methyl sites for hydroxylation is 2. The number of nitrogens with zero attached hydrogens (tertiary/aromatic N) is 1. The third-order valence-corrected chi connectivity index (χ3v) is 3.64. The minimum atomic E-state index is -0.916. The normalized spacial score (nSPS) is 13.8. The molecule has 0 amide bonds. The number of anilines is 1. The molecule has 0 saturated carbocycles. The molecule has 5 nitrogen and oxygen atoms in total. The van der Waals surface area contributed by atoms with E-state index in [1.807, 2.05) is 0 Å². The molecule has 21 heavy (non-hydrogen) atoms. The maximum atomic E-state index is 11.4. The van der Waals surface area contributed by atoms with E-state index in [1.54, 1.807) is 6.07 Å². The van der Waals surface area contributed by atoms with Gasteiger partial charge in [-0.25, -0.2) is 9.78 Å². The zero-order valence-electron chi connectivity index (χ0n) is 12.7. The number of aromatic carboxylic acids is 1. The van der Waals surface area contributed by atoms with Crippen LogP contribution in [-0.4, -0.2) is 35.8 Å². The van der Waals surface area contributed by atoms with Crippen LogP contribution in [0.5, 0.6) is 0 Å². The van der Waals surface area contributed by atoms with Crippen LogP contribution in [0.3, 0.4) is 0 Å². The smallest absolute Gasteiger partial charge is 0.339 e. The molecular weight excluding hydrogens is 268 g/mol. The summed E-state index contributed by atoms with van der Waals surface area (Å²) in [5.41, 5.74) is 2.43. The number of ether oxygens (including phenoxy) is 1. The first-order chi connectivity index (χ1) is 10.2. The van der Waals surface area contributed by atoms with Crippen LogP contribution in [0.25, 0.3) is 0 Å². The Balaban J connectivity index is 1.98. The summed E-state index contributed by atoms with van der Waals surface area (Å²) in [6, 6.07) is 1.79. The highest BCUT2D eigenvalue weighted by Crippen LogP contribution is 2.24. The monoisotopic (exact) mass is 292 g/mol. The maximum absolute atomic E-state index is 11.4. The lowest BCUT2D eigenvalue weighted by atomic mass is 9.94. The molecule has 1 aliphatic rings. The average Bonchev–Trinajstić information content (AvgIpc) is 2.49. The molecule has 1 aromatic heterocycles. The highest BCUT2D eigenvalue weighted by molar-refractivity contribution is 5.93. The zero-order chi connectivity index (χ0) is 15.1. The van der Waals surface area contributed by atoms with Gasteiger partial charge in [0.05, 0.1) is 0 Å². The standard InChI is InChI=1S/C16H24N2O3/c1-2-9-21-10-5-8-17-15-13(16(19)20)11-12-6-3-4-7-14(12)18-15/h11H,2-10H2,1H3,(H,17,18)(H,19,20). The van der Waals surface area contributed by atoms with Crippen LogP contribution in [0.4, 0.5) is 5.82 Å². The van der Waals surface area contributed by atoms with Gasteiger partial charge in [-0.05, 0) is 50.2 Å². The SMILES string of the molecule is CCCOCCCNc1nc2c(cc1C(=O)O)CCCC2. The number of hydrogen-bond acceptors (Lipinski definition) is 4. The van der Waals surface area contributed by atoms with Crippen LogP contribution in [0.1, 0.15) is 54.2 Å². The number of fused-ring (bicyclic) bond motifs is 1. The van der Waals surface area contributed by atoms with Crippen LogP contribution < -0.4 is 5.32 Å². The molecule has 0 bridgehead atoms. The number of carboxylic acids is 1. The Labute approximate surface area is 125 Å². The summed E-state index contributed by atoms with van der Waals surface area (Å²) in [4.78, 5) is 15.9. The molecule has 0 aromatic carbocycles. The lowest BCUT2D eigenvalue weighted by Crippen LogP contribution is -2.15. The molecule has 1 aromatic rings. The second kappa shape index (κ2) is 7.98. The fraction of sp³-hybridized carbons (Fsp3) is 0.625. The number of hydrogen-bond donors (Lipinski definition) is 2. The van der Waals surface area contributed by atoms with Crippen molar-refractivity contribution in [3.8, 4) is 0 Å². The molecule has 5 heteroatoms. The van der Waals surface area contributed by atoms with Gasteiger partial charge in [-0.3, -0.25) is 0 Å². The van der Waals surface area contributed by atoms with E-state index in [9.17, 15) is 9.90 Å². The molecule has 1 heterocycles. The van der Waals surface area contributed by atoms with E-state index in [4.69, 9.17) is 4.74 Å². The fourth-order valence-corrected chi connectivity index (χ4v) is 2.56. The van der Waals surface area contributed by atoms with Gasteiger partial charge >= 0.3 is 5.97 Å². The van der Waals surface area contributed by atoms with E-state index in [0.29, 0.717) is 19.0 Å². The third kappa shape index (κ3) is 4.43. The Kier molecular flexibility index (Phi) is 5.99. The Bertz CT molecular complexity index is 489. The summed E-state index contributed by atoms with van der Waals surface area (Å²) in [5.74, 6) is -0.417. The van der Waals surface area contributed by atoms with Gasteiger partial charge in [0.2, 0.25) is 0 Å². The Morgan fingerprint density at radius 2 is 2.19 bits per heavy atom. The van der Waals surface area contributed by atoms with Gasteiger partial charge in [0, 0.05) is 25.5 Å². The van der Waals surface area contributed by atoms with Crippen molar-refractivity contribution in [2.75, 3.05) is 25.1 Å². The third-order valence-electron chi connectivity index (χ3n) is 3.64. The van der Waals surface area contributed by atoms with E-state index >= 15 is 0 Å². The van der Waals surface area contributed by atoms with Gasteiger partial charge in [-0.15, -0.1) is 0 Å². The second-order valence-corrected chi connectivity index (χ2v) is 5.40. The van der Waals surface area contributed by atoms with E-state index in [-0.39, 0.29) is 5.56 Å². The summed E-state index contributed by atoms with van der Waals surface area (Å²) < 4.78 is 5.41. The van der Waals surface area contributed by atoms with Gasteiger partial charge in [-0.2, -0.15) is 0 Å². The van der Waals surface area contributed by atoms with Crippen molar-refractivity contribution in [3.63, 3.8) is 0 Å². The zero-order valence-corrected chi connectivity index (χ0v) is 12.7. The van der Waals surface area contributed by atoms with Gasteiger partial charge in [0.25, 0.3) is 0 Å². The van der Waals surface area contributed by atoms with Gasteiger partial charge in [0.15, 0.2) is 0 Å². The van der Waals surface area contributed by atoms with Crippen molar-refractivity contribution in [3.05, 3.63) is 22.9 Å². The Hall–Kier alpha value is -1.62. The van der Waals surface area contributed by atoms with Gasteiger partial charge in [0.1, 0.15) is 11.4 Å². The largest absolute Gasteiger partial charge is 0.478 e. The highest BCUT2D eigenvalue weighted by atomic mass is 16.5. The van der Waals surface area contributed by atoms with Crippen LogP contribution in [0.15, 0.2) is 6.07 Å². The van der Waals surface area contributed by atoms with E-state index in [2.05, 4.69) is 17.2 Å². The average molecular weight is 292 g/mol. The van der Waals surface area contributed by atoms with E-state index in [1.165, 1.54) is 0 Å². The van der Waals surface area contributed by atoms with Crippen LogP contribution in [-0.2, 0) is 17.6 Å². The molecule has 0 aliphatic heterocycles. The summed E-state index contributed by atoms with van der Waals surface area (Å²) in [6.07, 6.45) is 6.00. The molecule has 0 spiro atoms. The summed E-state index contributed by atoms with van der Waals surface area (Å²) >= 11 is 0. The van der Waals surface area contributed by atoms with Crippen LogP contribution in [0.2, 0.25) is 0 Å². The number of nitrogens with one attached hydrogen (secondary N) is 1. The molecule has 0 radical (unpaired) electrons. The Morgan fingerprint density at radius 3 is 2.95 bits per heavy atom. The molecule has 2 N–H and O–H groups in total. The number of carbonyl (C=O) groups is 1. The van der Waals surface area contributed by atoms with Crippen molar-refractivity contribution in [2.24, 2.45) is 0 Å². The first kappa shape index (κ1) is 15.8. The predicted octanol–water partition coefficient (Wildman–Crippen LogP) is 2.89. The number of carboxylic acid groups (broad SMARTS) is 1. The number of rotatable bonds is 8. The maximum Gasteiger partial charge on any atom is 0.339 e. The fourth-order valence-electron chi connectivity index (χ4n) is 2.56. The number of aromatic nitrogens is 1. The highest BCUT2D eigenvalue weighted by Gasteiger charge is 2.18. The van der Waals surface area contributed by atoms with Crippen molar-refractivity contribution >= 4 is 11.8 Å². The van der Waals surface area contributed by atoms with Crippen molar-refractivity contribution in [1.29, 1.82) is 0 Å². The molecule has 0 fully saturated rings. The van der Waals surface area contributed by atoms with Gasteiger partial charge in [-0.1, -0.05) is 6.92 Å². The molecule has 0 saturated heterocycles. The lowest BCUT2D eigenvalue weighted by molar-refractivity contribution is 0.0697. The van der Waals surface area contributed by atoms with Crippen molar-refractivity contribution in [2.45, 2.75) is 45.4 Å². The molecule has 116 valence electrons. The lowest BCUT2D eigenvalue weighted by Gasteiger charge is -2.18. The molecular formula is C16H24N2O3. The minimum absolute atomic E-state index is 0.283. The molecule has 0 unspecified atom stereocenters. The minimum Gasteiger partial charge on any atom is -0.478 e. The quantitative estimate of drug-likeness (QED) is 0.721. The summed E-state index contributed by atoms with van der Waals surface area (Å²) in [6.45, 7) is 4.22. The first-order valence-electron chi connectivity index (χ1n) is 7.80. The Morgan fingerprint density at radius 1 is 1.38 bits per heavy atom. The predicted molar refractivity (Wildman–Crippen MR) is 82.1 cm³/mol. The van der Waals surface area contributed by atoms with Crippen molar-refractivity contribution < 1.29 is 14.6 Å². The van der Waals surface area contributed by atoms with Crippen LogP contribution >= 0.6 is 0 Å². The first-order valence-corrected chi connectivity index (χ1v) is 7.80. The van der Waals surface area contributed by atoms with Crippen molar-refractivity contribution in [1.82, 2.24) is 4.98 Å². The van der Waals surface area contributed by atoms with Gasteiger partial charge < -0.3 is 15.2 Å². The molecule has 2 rings (SSSR count). The van der Waals surface area contributed by atoms with E-state index in [0.717, 1.165) is 56.4 Å². The summed E-state index contributed by atoms with van der Waals surface area (Å²) in [7, 11) is 0. The number of pyridine rings is 1.